The van der Waals surface area contributed by atoms with E-state index in [9.17, 15) is 14.9 Å². The smallest absolute Gasteiger partial charge is 0.334 e. The number of hydrogen-bond donors (Lipinski definition) is 4. The summed E-state index contributed by atoms with van der Waals surface area (Å²) < 4.78 is 0. The number of rotatable bonds is 9. The Hall–Kier alpha value is -1.29. The van der Waals surface area contributed by atoms with E-state index in [-0.39, 0.29) is 11.5 Å². The van der Waals surface area contributed by atoms with Crippen molar-refractivity contribution in [2.45, 2.75) is 51.7 Å². The van der Waals surface area contributed by atoms with Crippen LogP contribution < -0.4 is 5.48 Å². The van der Waals surface area contributed by atoms with E-state index >= 15 is 0 Å². The van der Waals surface area contributed by atoms with Gasteiger partial charge in [-0.05, 0) is 12.8 Å². The van der Waals surface area contributed by atoms with Crippen molar-refractivity contribution in [3.05, 3.63) is 10.1 Å². The molecule has 9 nitrogen and oxygen atoms in total. The van der Waals surface area contributed by atoms with Crippen LogP contribution in [0.15, 0.2) is 0 Å². The van der Waals surface area contributed by atoms with Gasteiger partial charge in [0.15, 0.2) is 6.10 Å². The molecular weight excluding hydrogens is 260 g/mol. The van der Waals surface area contributed by atoms with Crippen LogP contribution in [0.1, 0.15) is 39.5 Å². The average Bonchev–Trinajstić information content (AvgIpc) is 2.35. The first-order valence-corrected chi connectivity index (χ1v) is 5.99. The second-order valence-electron chi connectivity index (χ2n) is 3.80. The monoisotopic (exact) mass is 282 g/mol. The highest BCUT2D eigenvalue weighted by Gasteiger charge is 2.24. The number of unbranched alkanes of at least 4 members (excludes halogenated alkanes) is 1. The maximum atomic E-state index is 10.3. The molecule has 0 amide bonds. The molecule has 0 fully saturated rings. The fourth-order valence-corrected chi connectivity index (χ4v) is 1.12. The SMILES string of the molecule is CCCC(NOO)C(O)C(=O)O.CCCC[N+](=O)[O-]. The molecule has 0 rings (SSSR count). The van der Waals surface area contributed by atoms with Crippen LogP contribution >= 0.6 is 0 Å². The largest absolute Gasteiger partial charge is 0.479 e. The second kappa shape index (κ2) is 13.1. The molecule has 19 heavy (non-hydrogen) atoms. The molecule has 0 bridgehead atoms. The van der Waals surface area contributed by atoms with Gasteiger partial charge in [-0.3, -0.25) is 10.1 Å². The zero-order valence-corrected chi connectivity index (χ0v) is 11.1. The summed E-state index contributed by atoms with van der Waals surface area (Å²) in [5, 5.41) is 34.9. The number of hydrogen-bond acceptors (Lipinski definition) is 7. The summed E-state index contributed by atoms with van der Waals surface area (Å²) in [6, 6.07) is -0.794. The fourth-order valence-electron chi connectivity index (χ4n) is 1.12. The van der Waals surface area contributed by atoms with Crippen LogP contribution in [0.2, 0.25) is 0 Å². The van der Waals surface area contributed by atoms with Gasteiger partial charge in [0.1, 0.15) is 0 Å². The van der Waals surface area contributed by atoms with Gasteiger partial charge in [0, 0.05) is 11.3 Å². The van der Waals surface area contributed by atoms with Crippen molar-refractivity contribution in [1.29, 1.82) is 0 Å². The Morgan fingerprint density at radius 3 is 2.26 bits per heavy atom. The highest BCUT2D eigenvalue weighted by molar-refractivity contribution is 5.72. The first kappa shape index (κ1) is 20.0. The maximum absolute atomic E-state index is 10.3. The van der Waals surface area contributed by atoms with Crippen molar-refractivity contribution < 1.29 is 30.2 Å². The summed E-state index contributed by atoms with van der Waals surface area (Å²) in [6.07, 6.45) is 1.10. The molecule has 0 aromatic carbocycles. The van der Waals surface area contributed by atoms with Gasteiger partial charge in [0.2, 0.25) is 6.54 Å². The predicted molar refractivity (Wildman–Crippen MR) is 66.0 cm³/mol. The zero-order valence-electron chi connectivity index (χ0n) is 11.1. The molecule has 4 N–H and O–H groups in total. The van der Waals surface area contributed by atoms with E-state index in [1.807, 2.05) is 19.3 Å². The van der Waals surface area contributed by atoms with Crippen LogP contribution in [-0.2, 0) is 9.78 Å². The summed E-state index contributed by atoms with van der Waals surface area (Å²) in [5.41, 5.74) is 1.99. The third kappa shape index (κ3) is 12.9. The van der Waals surface area contributed by atoms with Gasteiger partial charge in [-0.15, -0.1) is 4.99 Å². The molecule has 0 aromatic rings. The lowest BCUT2D eigenvalue weighted by molar-refractivity contribution is -0.480. The van der Waals surface area contributed by atoms with Crippen LogP contribution in [0.4, 0.5) is 0 Å². The highest BCUT2D eigenvalue weighted by Crippen LogP contribution is 2.02. The van der Waals surface area contributed by atoms with E-state index in [1.54, 1.807) is 0 Å². The quantitative estimate of drug-likeness (QED) is 0.274. The lowest BCUT2D eigenvalue weighted by Crippen LogP contribution is -2.43. The van der Waals surface area contributed by atoms with Gasteiger partial charge in [-0.1, -0.05) is 20.3 Å². The van der Waals surface area contributed by atoms with E-state index in [4.69, 9.17) is 15.5 Å². The lowest BCUT2D eigenvalue weighted by Gasteiger charge is -2.17. The van der Waals surface area contributed by atoms with Gasteiger partial charge in [0.05, 0.1) is 6.04 Å². The number of carboxylic acids is 1. The van der Waals surface area contributed by atoms with Crippen LogP contribution in [0.3, 0.4) is 0 Å². The van der Waals surface area contributed by atoms with Gasteiger partial charge >= 0.3 is 5.97 Å². The number of nitrogens with one attached hydrogen (secondary N) is 1. The molecule has 0 heterocycles. The van der Waals surface area contributed by atoms with E-state index in [0.717, 1.165) is 6.42 Å². The first-order valence-electron chi connectivity index (χ1n) is 5.99. The Kier molecular flexibility index (Phi) is 13.9. The first-order chi connectivity index (χ1) is 8.90. The summed E-state index contributed by atoms with van der Waals surface area (Å²) in [7, 11) is 0. The Labute approximate surface area is 111 Å². The summed E-state index contributed by atoms with van der Waals surface area (Å²) in [4.78, 5) is 23.1. The molecule has 114 valence electrons. The molecule has 0 saturated heterocycles. The number of aliphatic hydroxyl groups excluding tert-OH is 1. The molecule has 2 unspecified atom stereocenters. The van der Waals surface area contributed by atoms with Crippen LogP contribution in [0.25, 0.3) is 0 Å². The highest BCUT2D eigenvalue weighted by atomic mass is 17.2. The molecule has 2 atom stereocenters. The molecule has 9 heteroatoms. The van der Waals surface area contributed by atoms with E-state index in [1.165, 1.54) is 0 Å². The Bertz CT molecular complexity index is 244. The van der Waals surface area contributed by atoms with Crippen molar-refractivity contribution in [2.24, 2.45) is 0 Å². The molecule has 0 radical (unpaired) electrons. The molecular formula is C10H22N2O7. The Balaban J connectivity index is 0. The molecule has 0 aliphatic heterocycles. The number of nitrogens with zero attached hydrogens (tertiary/aromatic N) is 1. The number of carboxylic acid groups (broad SMARTS) is 1. The third-order valence-corrected chi connectivity index (χ3v) is 2.13. The summed E-state index contributed by atoms with van der Waals surface area (Å²) in [5.74, 6) is -1.35. The minimum absolute atomic E-state index is 0.122. The minimum atomic E-state index is -1.57. The number of nitro groups is 1. The van der Waals surface area contributed by atoms with Crippen LogP contribution in [0.5, 0.6) is 0 Å². The van der Waals surface area contributed by atoms with E-state index in [2.05, 4.69) is 4.99 Å². The van der Waals surface area contributed by atoms with Crippen molar-refractivity contribution in [2.75, 3.05) is 6.54 Å². The minimum Gasteiger partial charge on any atom is -0.479 e. The number of hydroxylamine groups is 1. The van der Waals surface area contributed by atoms with Crippen molar-refractivity contribution in [1.82, 2.24) is 5.48 Å². The third-order valence-electron chi connectivity index (χ3n) is 2.13. The van der Waals surface area contributed by atoms with Gasteiger partial charge in [-0.2, -0.15) is 5.48 Å². The van der Waals surface area contributed by atoms with Crippen molar-refractivity contribution in [3.8, 4) is 0 Å². The maximum Gasteiger partial charge on any atom is 0.334 e. The lowest BCUT2D eigenvalue weighted by atomic mass is 10.1. The molecule has 0 aliphatic rings. The predicted octanol–water partition coefficient (Wildman–Crippen LogP) is 0.658. The van der Waals surface area contributed by atoms with Gasteiger partial charge < -0.3 is 10.2 Å². The Morgan fingerprint density at radius 1 is 1.42 bits per heavy atom. The summed E-state index contributed by atoms with van der Waals surface area (Å²) >= 11 is 0. The second-order valence-corrected chi connectivity index (χ2v) is 3.80. The van der Waals surface area contributed by atoms with Crippen LogP contribution in [-0.4, -0.2) is 45.1 Å². The fraction of sp³-hybridized carbons (Fsp3) is 0.900. The van der Waals surface area contributed by atoms with Crippen molar-refractivity contribution >= 4 is 5.97 Å². The van der Waals surface area contributed by atoms with Gasteiger partial charge in [-0.25, -0.2) is 10.1 Å². The summed E-state index contributed by atoms with van der Waals surface area (Å²) in [6.45, 7) is 3.88. The Morgan fingerprint density at radius 2 is 2.00 bits per heavy atom. The average molecular weight is 282 g/mol. The molecule has 0 aromatic heterocycles. The molecule has 0 saturated carbocycles. The number of aliphatic carboxylic acids is 1. The molecule has 0 spiro atoms. The standard InChI is InChI=1S/C6H13NO5.C4H9NO2/c1-2-3-4(7-12-11)5(8)6(9)10;1-2-3-4-5(6)7/h4-5,7-8,11H,2-3H2,1H3,(H,9,10);2-4H2,1H3. The van der Waals surface area contributed by atoms with Crippen LogP contribution in [0, 0.1) is 10.1 Å². The zero-order chi connectivity index (χ0) is 15.3. The topological polar surface area (TPSA) is 142 Å². The number of carbonyl (C=O) groups is 1. The van der Waals surface area contributed by atoms with E-state index in [0.29, 0.717) is 19.3 Å². The van der Waals surface area contributed by atoms with Crippen molar-refractivity contribution in [3.63, 3.8) is 0 Å². The number of aliphatic hydroxyl groups is 1. The normalized spacial score (nSPS) is 13.1. The van der Waals surface area contributed by atoms with E-state index < -0.39 is 18.1 Å². The molecule has 0 aliphatic carbocycles. The van der Waals surface area contributed by atoms with Gasteiger partial charge in [0.25, 0.3) is 0 Å².